The smallest absolute Gasteiger partial charge is 0.243 e. The summed E-state index contributed by atoms with van der Waals surface area (Å²) >= 11 is 0. The predicted molar refractivity (Wildman–Crippen MR) is 65.9 cm³/mol. The maximum absolute atomic E-state index is 4.46. The van der Waals surface area contributed by atoms with Crippen molar-refractivity contribution in [2.75, 3.05) is 11.9 Å². The normalized spacial score (nSPS) is 21.6. The van der Waals surface area contributed by atoms with E-state index in [-0.39, 0.29) is 0 Å². The first kappa shape index (κ1) is 9.45. The van der Waals surface area contributed by atoms with E-state index in [1.165, 1.54) is 25.7 Å². The van der Waals surface area contributed by atoms with E-state index in [4.69, 9.17) is 0 Å². The molecule has 4 heteroatoms. The van der Waals surface area contributed by atoms with Crippen LogP contribution in [-0.2, 0) is 0 Å². The van der Waals surface area contributed by atoms with Gasteiger partial charge in [0.1, 0.15) is 0 Å². The van der Waals surface area contributed by atoms with Gasteiger partial charge in [-0.2, -0.15) is 4.98 Å². The van der Waals surface area contributed by atoms with Crippen molar-refractivity contribution in [3.05, 3.63) is 24.4 Å². The molecule has 2 saturated carbocycles. The lowest BCUT2D eigenvalue weighted by molar-refractivity contribution is 0.465. The zero-order chi connectivity index (χ0) is 11.3. The third-order valence-corrected chi connectivity index (χ3v) is 4.18. The van der Waals surface area contributed by atoms with E-state index in [1.54, 1.807) is 0 Å². The summed E-state index contributed by atoms with van der Waals surface area (Å²) in [5.41, 5.74) is 1.50. The average molecular weight is 228 g/mol. The Morgan fingerprint density at radius 1 is 1.35 bits per heavy atom. The summed E-state index contributed by atoms with van der Waals surface area (Å²) in [6.45, 7) is 1.05. The van der Waals surface area contributed by atoms with Gasteiger partial charge in [0.2, 0.25) is 5.95 Å². The van der Waals surface area contributed by atoms with Crippen LogP contribution in [0, 0.1) is 11.3 Å². The summed E-state index contributed by atoms with van der Waals surface area (Å²) in [5.74, 6) is 1.75. The van der Waals surface area contributed by atoms with E-state index >= 15 is 0 Å². The SMILES string of the molecule is c1ccn2nc(NCC3(C4CC4)CC3)nc2c1. The summed E-state index contributed by atoms with van der Waals surface area (Å²) in [4.78, 5) is 4.46. The van der Waals surface area contributed by atoms with Crippen molar-refractivity contribution in [3.63, 3.8) is 0 Å². The van der Waals surface area contributed by atoms with Crippen molar-refractivity contribution in [1.29, 1.82) is 0 Å². The van der Waals surface area contributed by atoms with E-state index in [2.05, 4.69) is 15.4 Å². The van der Waals surface area contributed by atoms with E-state index in [1.807, 2.05) is 28.9 Å². The first-order chi connectivity index (χ1) is 8.36. The Morgan fingerprint density at radius 2 is 2.24 bits per heavy atom. The topological polar surface area (TPSA) is 42.2 Å². The number of rotatable bonds is 4. The van der Waals surface area contributed by atoms with Gasteiger partial charge >= 0.3 is 0 Å². The van der Waals surface area contributed by atoms with Crippen LogP contribution in [0.5, 0.6) is 0 Å². The average Bonchev–Trinajstić information content (AvgIpc) is 3.22. The first-order valence-corrected chi connectivity index (χ1v) is 6.41. The molecule has 4 rings (SSSR count). The molecule has 17 heavy (non-hydrogen) atoms. The molecule has 2 heterocycles. The molecule has 0 aliphatic heterocycles. The summed E-state index contributed by atoms with van der Waals surface area (Å²) in [7, 11) is 0. The molecule has 0 radical (unpaired) electrons. The first-order valence-electron chi connectivity index (χ1n) is 6.41. The number of nitrogens with zero attached hydrogens (tertiary/aromatic N) is 3. The van der Waals surface area contributed by atoms with Crippen LogP contribution < -0.4 is 5.32 Å². The summed E-state index contributed by atoms with van der Waals surface area (Å²) < 4.78 is 1.82. The van der Waals surface area contributed by atoms with Crippen LogP contribution in [0.3, 0.4) is 0 Å². The van der Waals surface area contributed by atoms with Crippen LogP contribution >= 0.6 is 0 Å². The van der Waals surface area contributed by atoms with Gasteiger partial charge in [0.15, 0.2) is 5.65 Å². The van der Waals surface area contributed by atoms with Gasteiger partial charge in [-0.25, -0.2) is 4.52 Å². The lowest BCUT2D eigenvalue weighted by Crippen LogP contribution is -2.18. The molecule has 0 saturated heterocycles. The third kappa shape index (κ3) is 1.59. The Morgan fingerprint density at radius 3 is 2.94 bits per heavy atom. The molecule has 0 amide bonds. The Labute approximate surface area is 100 Å². The van der Waals surface area contributed by atoms with Crippen LogP contribution in [0.4, 0.5) is 5.95 Å². The minimum Gasteiger partial charge on any atom is -0.352 e. The van der Waals surface area contributed by atoms with Gasteiger partial charge in [0.25, 0.3) is 0 Å². The fourth-order valence-electron chi connectivity index (χ4n) is 2.75. The molecular weight excluding hydrogens is 212 g/mol. The van der Waals surface area contributed by atoms with E-state index in [0.29, 0.717) is 5.41 Å². The van der Waals surface area contributed by atoms with Crippen LogP contribution in [0.2, 0.25) is 0 Å². The molecule has 0 atom stereocenters. The molecule has 88 valence electrons. The highest BCUT2D eigenvalue weighted by Gasteiger charge is 2.53. The maximum Gasteiger partial charge on any atom is 0.243 e. The molecule has 2 aliphatic rings. The van der Waals surface area contributed by atoms with Gasteiger partial charge < -0.3 is 5.32 Å². The molecule has 2 fully saturated rings. The lowest BCUT2D eigenvalue weighted by atomic mass is 10.0. The zero-order valence-corrected chi connectivity index (χ0v) is 9.76. The molecule has 2 aromatic heterocycles. The van der Waals surface area contributed by atoms with Gasteiger partial charge in [-0.3, -0.25) is 0 Å². The van der Waals surface area contributed by atoms with E-state index < -0.39 is 0 Å². The van der Waals surface area contributed by atoms with Crippen molar-refractivity contribution in [3.8, 4) is 0 Å². The fourth-order valence-corrected chi connectivity index (χ4v) is 2.75. The highest BCUT2D eigenvalue weighted by Crippen LogP contribution is 2.61. The molecular formula is C13H16N4. The van der Waals surface area contributed by atoms with Crippen LogP contribution in [0.1, 0.15) is 25.7 Å². The number of fused-ring (bicyclic) bond motifs is 1. The Bertz CT molecular complexity index is 518. The second-order valence-electron chi connectivity index (χ2n) is 5.43. The maximum atomic E-state index is 4.46. The van der Waals surface area contributed by atoms with Crippen molar-refractivity contribution >= 4 is 11.6 Å². The van der Waals surface area contributed by atoms with Crippen LogP contribution in [0.15, 0.2) is 24.4 Å². The quantitative estimate of drug-likeness (QED) is 0.873. The Balaban J connectivity index is 1.51. The second kappa shape index (κ2) is 3.22. The number of hydrogen-bond acceptors (Lipinski definition) is 3. The van der Waals surface area contributed by atoms with Gasteiger partial charge in [-0.05, 0) is 49.1 Å². The highest BCUT2D eigenvalue weighted by molar-refractivity contribution is 5.43. The molecule has 2 aromatic rings. The van der Waals surface area contributed by atoms with Gasteiger partial charge in [0.05, 0.1) is 0 Å². The van der Waals surface area contributed by atoms with Gasteiger partial charge in [0, 0.05) is 12.7 Å². The number of hydrogen-bond donors (Lipinski definition) is 1. The van der Waals surface area contributed by atoms with Gasteiger partial charge in [-0.1, -0.05) is 6.07 Å². The van der Waals surface area contributed by atoms with Crippen LogP contribution in [-0.4, -0.2) is 21.1 Å². The molecule has 2 aliphatic carbocycles. The van der Waals surface area contributed by atoms with Crippen molar-refractivity contribution in [2.45, 2.75) is 25.7 Å². The lowest BCUT2D eigenvalue weighted by Gasteiger charge is -2.13. The summed E-state index contributed by atoms with van der Waals surface area (Å²) in [6, 6.07) is 5.93. The molecule has 0 spiro atoms. The standard InChI is InChI=1S/C13H16N4/c1-2-8-17-11(3-1)15-12(16-17)14-9-13(6-7-13)10-4-5-10/h1-3,8,10H,4-7,9H2,(H,14,16). The highest BCUT2D eigenvalue weighted by atomic mass is 15.3. The molecule has 0 aromatic carbocycles. The zero-order valence-electron chi connectivity index (χ0n) is 9.76. The number of anilines is 1. The number of nitrogens with one attached hydrogen (secondary N) is 1. The van der Waals surface area contributed by atoms with E-state index in [0.717, 1.165) is 24.1 Å². The summed E-state index contributed by atoms with van der Waals surface area (Å²) in [5, 5.41) is 7.83. The fraction of sp³-hybridized carbons (Fsp3) is 0.538. The predicted octanol–water partition coefficient (Wildman–Crippen LogP) is 2.33. The minimum absolute atomic E-state index is 0.595. The third-order valence-electron chi connectivity index (χ3n) is 4.18. The number of pyridine rings is 1. The summed E-state index contributed by atoms with van der Waals surface area (Å²) in [6.07, 6.45) is 7.57. The number of aromatic nitrogens is 3. The monoisotopic (exact) mass is 228 g/mol. The molecule has 0 bridgehead atoms. The van der Waals surface area contributed by atoms with Crippen molar-refractivity contribution < 1.29 is 0 Å². The van der Waals surface area contributed by atoms with Crippen LogP contribution in [0.25, 0.3) is 5.65 Å². The van der Waals surface area contributed by atoms with Crippen molar-refractivity contribution in [1.82, 2.24) is 14.6 Å². The second-order valence-corrected chi connectivity index (χ2v) is 5.43. The van der Waals surface area contributed by atoms with E-state index in [9.17, 15) is 0 Å². The minimum atomic E-state index is 0.595. The molecule has 4 nitrogen and oxygen atoms in total. The van der Waals surface area contributed by atoms with Gasteiger partial charge in [-0.15, -0.1) is 5.10 Å². The molecule has 0 unspecified atom stereocenters. The Kier molecular flexibility index (Phi) is 1.79. The Hall–Kier alpha value is -1.58. The molecule has 1 N–H and O–H groups in total. The van der Waals surface area contributed by atoms with Crippen molar-refractivity contribution in [2.24, 2.45) is 11.3 Å². The largest absolute Gasteiger partial charge is 0.352 e.